The number of ether oxygens (including phenoxy) is 2. The summed E-state index contributed by atoms with van der Waals surface area (Å²) in [7, 11) is -11.5. The van der Waals surface area contributed by atoms with E-state index in [4.69, 9.17) is 23.0 Å². The molecule has 9 N–H and O–H groups in total. The van der Waals surface area contributed by atoms with E-state index in [9.17, 15) is 68.8 Å². The number of ketones is 1. The summed E-state index contributed by atoms with van der Waals surface area (Å²) >= 11 is 0. The number of esters is 2. The van der Waals surface area contributed by atoms with Crippen LogP contribution in [0.15, 0.2) is 60.8 Å². The average molecular weight is 1040 g/mol. The van der Waals surface area contributed by atoms with Crippen LogP contribution in [0.2, 0.25) is 0 Å². The van der Waals surface area contributed by atoms with Crippen molar-refractivity contribution >= 4 is 33.4 Å². The van der Waals surface area contributed by atoms with Crippen molar-refractivity contribution in [3.8, 4) is 0 Å². The lowest BCUT2D eigenvalue weighted by Crippen LogP contribution is -2.56. The standard InChI is InChI=1S/C49H82O19P2/c1-3-5-7-8-9-10-11-12-13-14-15-16-17-18-19-20-25-29-42(53)64-34-37-35-65-70(62,63)68-49-47(58)46(57)44(55)38(28-24-21-22-26-30-43(54)66-37)40(51)33-41(52)39(32-31-36(50)27-23-6-4-2)45(56)48(49)67-69(59,60)61/h9-10,12-13,15-16,18-19,31-32,36-39,41,44-50,52,55-58H,3-8,11,14,17,20-30,33-35H2,1-2H3,(H,62,63)(H2,59,60,61)/b10-9-,13-12-,16-15-,19-18-,32-31?/t36-,37+,38-,39-,41+,44+,45+,46-,47+,48+,49-/m0/s1. The molecule has 2 bridgehead atoms. The molecule has 0 aromatic rings. The number of phosphoric acid groups is 2. The second kappa shape index (κ2) is 35.4. The van der Waals surface area contributed by atoms with Crippen molar-refractivity contribution in [3.63, 3.8) is 0 Å². The van der Waals surface area contributed by atoms with E-state index in [1.54, 1.807) is 0 Å². The van der Waals surface area contributed by atoms with Gasteiger partial charge in [-0.15, -0.1) is 0 Å². The van der Waals surface area contributed by atoms with Crippen molar-refractivity contribution in [1.82, 2.24) is 0 Å². The summed E-state index contributed by atoms with van der Waals surface area (Å²) in [5, 5.41) is 68.2. The Labute approximate surface area is 413 Å². The quantitative estimate of drug-likeness (QED) is 0.0218. The Morgan fingerprint density at radius 1 is 0.800 bits per heavy atom. The second-order valence-electron chi connectivity index (χ2n) is 18.0. The van der Waals surface area contributed by atoms with E-state index in [-0.39, 0.29) is 38.5 Å². The summed E-state index contributed by atoms with van der Waals surface area (Å²) in [6.45, 7) is 2.50. The second-order valence-corrected chi connectivity index (χ2v) is 20.6. The number of allylic oxidation sites excluding steroid dienone is 8. The van der Waals surface area contributed by atoms with Crippen LogP contribution < -0.4 is 0 Å². The Bertz CT molecular complexity index is 1750. The van der Waals surface area contributed by atoms with Crippen LogP contribution in [-0.2, 0) is 46.6 Å². The Morgan fingerprint density at radius 3 is 2.03 bits per heavy atom. The number of fused-ring (bicyclic) bond motifs is 4. The van der Waals surface area contributed by atoms with E-state index < -0.39 is 120 Å². The summed E-state index contributed by atoms with van der Waals surface area (Å²) in [6.07, 6.45) is 10.2. The molecule has 2 rings (SSSR count). The highest BCUT2D eigenvalue weighted by Crippen LogP contribution is 2.49. The third-order valence-corrected chi connectivity index (χ3v) is 13.5. The maximum atomic E-state index is 13.7. The lowest BCUT2D eigenvalue weighted by atomic mass is 9.83. The predicted molar refractivity (Wildman–Crippen MR) is 260 cm³/mol. The number of carbonyl (C=O) groups excluding carboxylic acids is 3. The molecule has 1 heterocycles. The number of rotatable bonds is 24. The van der Waals surface area contributed by atoms with Gasteiger partial charge in [0.1, 0.15) is 36.8 Å². The number of carbonyl (C=O) groups is 3. The third kappa shape index (κ3) is 26.8. The van der Waals surface area contributed by atoms with Gasteiger partial charge in [-0.1, -0.05) is 126 Å². The van der Waals surface area contributed by atoms with Crippen molar-refractivity contribution in [2.45, 2.75) is 204 Å². The van der Waals surface area contributed by atoms with Gasteiger partial charge < -0.3 is 54.8 Å². The third-order valence-electron chi connectivity index (χ3n) is 12.0. The topological polar surface area (TPSA) is 314 Å². The first-order valence-corrected chi connectivity index (χ1v) is 28.0. The molecule has 12 atom stereocenters. The van der Waals surface area contributed by atoms with Gasteiger partial charge in [-0.25, -0.2) is 9.13 Å². The van der Waals surface area contributed by atoms with E-state index in [1.807, 2.05) is 25.2 Å². The van der Waals surface area contributed by atoms with Crippen LogP contribution in [0.1, 0.15) is 149 Å². The normalized spacial score (nSPS) is 30.3. The highest BCUT2D eigenvalue weighted by Gasteiger charge is 2.51. The first-order valence-electron chi connectivity index (χ1n) is 24.9. The lowest BCUT2D eigenvalue weighted by molar-refractivity contribution is -0.165. The molecule has 1 saturated carbocycles. The molecule has 0 radical (unpaired) electrons. The van der Waals surface area contributed by atoms with E-state index in [1.165, 1.54) is 25.3 Å². The number of unbranched alkanes of at least 4 members (excludes halogenated alkanes) is 6. The predicted octanol–water partition coefficient (Wildman–Crippen LogP) is 6.43. The first-order chi connectivity index (χ1) is 33.3. The molecular weight excluding hydrogens is 954 g/mol. The van der Waals surface area contributed by atoms with Gasteiger partial charge in [-0.05, 0) is 64.2 Å². The van der Waals surface area contributed by atoms with Crippen molar-refractivity contribution in [1.29, 1.82) is 0 Å². The monoisotopic (exact) mass is 1040 g/mol. The fraction of sp³-hybridized carbons (Fsp3) is 0.735. The summed E-state index contributed by atoms with van der Waals surface area (Å²) in [6, 6.07) is 0. The molecule has 2 aliphatic rings. The Hall–Kier alpha value is -2.71. The van der Waals surface area contributed by atoms with Crippen molar-refractivity contribution in [3.05, 3.63) is 60.8 Å². The van der Waals surface area contributed by atoms with Gasteiger partial charge in [0.25, 0.3) is 0 Å². The number of phosphoric ester groups is 2. The molecule has 1 aliphatic heterocycles. The number of aliphatic hydroxyl groups is 6. The number of Topliss-reactive ketones (excluding diaryl/α,β-unsaturated/α-hetero) is 1. The zero-order valence-electron chi connectivity index (χ0n) is 40.9. The number of hydrogen-bond donors (Lipinski definition) is 9. The zero-order valence-corrected chi connectivity index (χ0v) is 42.7. The smallest absolute Gasteiger partial charge is 0.462 e. The van der Waals surface area contributed by atoms with Crippen LogP contribution in [0, 0.1) is 11.8 Å². The molecule has 19 nitrogen and oxygen atoms in total. The minimum atomic E-state index is -5.78. The molecule has 402 valence electrons. The van der Waals surface area contributed by atoms with Crippen LogP contribution in [0.4, 0.5) is 0 Å². The molecule has 1 saturated heterocycles. The minimum Gasteiger partial charge on any atom is -0.462 e. The maximum absolute atomic E-state index is 13.7. The summed E-state index contributed by atoms with van der Waals surface area (Å²) in [5.74, 6) is -5.55. The molecule has 21 heteroatoms. The van der Waals surface area contributed by atoms with Gasteiger partial charge in [-0.2, -0.15) is 0 Å². The molecule has 0 aromatic heterocycles. The van der Waals surface area contributed by atoms with Gasteiger partial charge in [0.15, 0.2) is 6.10 Å². The highest BCUT2D eigenvalue weighted by molar-refractivity contribution is 7.47. The fourth-order valence-corrected chi connectivity index (χ4v) is 9.51. The summed E-state index contributed by atoms with van der Waals surface area (Å²) in [4.78, 5) is 70.4. The van der Waals surface area contributed by atoms with E-state index in [2.05, 4.69) is 37.3 Å². The number of hydrogen-bond acceptors (Lipinski definition) is 16. The summed E-state index contributed by atoms with van der Waals surface area (Å²) < 4.78 is 52.1. The number of cyclic esters (lactones) is 1. The molecule has 1 aliphatic carbocycles. The molecular formula is C49H82O19P2. The summed E-state index contributed by atoms with van der Waals surface area (Å²) in [5.41, 5.74) is 0. The molecule has 0 amide bonds. The van der Waals surface area contributed by atoms with Gasteiger partial charge in [0.2, 0.25) is 0 Å². The molecule has 70 heavy (non-hydrogen) atoms. The highest BCUT2D eigenvalue weighted by atomic mass is 31.2. The molecule has 1 unspecified atom stereocenters. The van der Waals surface area contributed by atoms with Crippen molar-refractivity contribution in [2.75, 3.05) is 13.2 Å². The van der Waals surface area contributed by atoms with Gasteiger partial charge in [-0.3, -0.25) is 28.0 Å². The lowest BCUT2D eigenvalue weighted by Gasteiger charge is -2.38. The maximum Gasteiger partial charge on any atom is 0.472 e. The Morgan fingerprint density at radius 2 is 1.40 bits per heavy atom. The molecule has 2 fully saturated rings. The largest absolute Gasteiger partial charge is 0.472 e. The van der Waals surface area contributed by atoms with Crippen molar-refractivity contribution < 1.29 is 91.9 Å². The van der Waals surface area contributed by atoms with E-state index >= 15 is 0 Å². The average Bonchev–Trinajstić information content (AvgIpc) is 3.30. The molecule has 0 aromatic carbocycles. The van der Waals surface area contributed by atoms with Gasteiger partial charge in [0, 0.05) is 31.1 Å². The number of aliphatic hydroxyl groups excluding tert-OH is 6. The SMILES string of the molecule is CCCCC/C=C\C/C=C\C/C=C\C/C=C\CCCC(=O)OC[C@@H]1COP(=O)(O)O[C@H]2[C@H](O)[C@@H](O)[C@H](O)[C@@H](CCCCCCC(=O)O1)C(=O)C[C@@H](O)[C@H](C=C[C@@H](O)CCCCC)[C@@H](O)[C@H]2OP(=O)(O)O. The fourth-order valence-electron chi connectivity index (χ4n) is 7.98. The van der Waals surface area contributed by atoms with E-state index in [0.717, 1.165) is 38.2 Å². The Kier molecular flexibility index (Phi) is 32.1. The first kappa shape index (κ1) is 63.4. The van der Waals surface area contributed by atoms with Crippen LogP contribution >= 0.6 is 15.6 Å². The van der Waals surface area contributed by atoms with E-state index in [0.29, 0.717) is 38.5 Å². The van der Waals surface area contributed by atoms with Crippen LogP contribution in [0.5, 0.6) is 0 Å². The Balaban J connectivity index is 2.28. The minimum absolute atomic E-state index is 0.0205. The van der Waals surface area contributed by atoms with Gasteiger partial charge >= 0.3 is 27.6 Å². The van der Waals surface area contributed by atoms with Gasteiger partial charge in [0.05, 0.1) is 31.0 Å². The van der Waals surface area contributed by atoms with Crippen LogP contribution in [-0.4, -0.2) is 131 Å². The van der Waals surface area contributed by atoms with Crippen molar-refractivity contribution in [2.24, 2.45) is 11.8 Å². The molecule has 0 spiro atoms. The van der Waals surface area contributed by atoms with Crippen LogP contribution in [0.3, 0.4) is 0 Å². The zero-order chi connectivity index (χ0) is 52.0. The van der Waals surface area contributed by atoms with Crippen LogP contribution in [0.25, 0.3) is 0 Å².